The Morgan fingerprint density at radius 1 is 1.33 bits per heavy atom. The van der Waals surface area contributed by atoms with Crippen LogP contribution >= 0.6 is 11.3 Å². The lowest BCUT2D eigenvalue weighted by atomic mass is 10.2. The maximum Gasteiger partial charge on any atom is 0.273 e. The predicted octanol–water partition coefficient (Wildman–Crippen LogP) is 3.31. The van der Waals surface area contributed by atoms with Gasteiger partial charge in [0.15, 0.2) is 0 Å². The number of anilines is 2. The minimum absolute atomic E-state index is 0.0792. The Morgan fingerprint density at radius 3 is 2.72 bits per heavy atom. The summed E-state index contributed by atoms with van der Waals surface area (Å²) < 4.78 is 0. The largest absolute Gasteiger partial charge is 0.388 e. The highest BCUT2D eigenvalue weighted by atomic mass is 32.1. The van der Waals surface area contributed by atoms with Crippen molar-refractivity contribution >= 4 is 28.4 Å². The van der Waals surface area contributed by atoms with Gasteiger partial charge in [-0.2, -0.15) is 0 Å². The van der Waals surface area contributed by atoms with E-state index in [0.29, 0.717) is 6.54 Å². The van der Waals surface area contributed by atoms with Crippen LogP contribution in [0.25, 0.3) is 0 Å². The van der Waals surface area contributed by atoms with Gasteiger partial charge in [0.2, 0.25) is 0 Å². The van der Waals surface area contributed by atoms with Crippen LogP contribution in [0.2, 0.25) is 0 Å². The minimum atomic E-state index is -0.392. The molecule has 1 aromatic carbocycles. The van der Waals surface area contributed by atoms with E-state index >= 15 is 0 Å². The van der Waals surface area contributed by atoms with Crippen molar-refractivity contribution in [2.75, 3.05) is 17.7 Å². The monoisotopic (exact) mass is 263 g/mol. The summed E-state index contributed by atoms with van der Waals surface area (Å²) in [6, 6.07) is 8.90. The number of hydrogen-bond acceptors (Lipinski definition) is 5. The van der Waals surface area contributed by atoms with Gasteiger partial charge in [0.1, 0.15) is 0 Å². The first-order valence-corrected chi connectivity index (χ1v) is 6.30. The average Bonchev–Trinajstić information content (AvgIpc) is 2.89. The van der Waals surface area contributed by atoms with Crippen molar-refractivity contribution in [2.24, 2.45) is 0 Å². The molecule has 0 aliphatic heterocycles. The maximum absolute atomic E-state index is 10.8. The van der Waals surface area contributed by atoms with Gasteiger partial charge < -0.3 is 10.6 Å². The second-order valence-corrected chi connectivity index (χ2v) is 4.74. The molecule has 1 heterocycles. The fourth-order valence-electron chi connectivity index (χ4n) is 1.57. The van der Waals surface area contributed by atoms with Gasteiger partial charge in [0.25, 0.3) is 5.69 Å². The summed E-state index contributed by atoms with van der Waals surface area (Å²) in [7, 11) is 1.74. The molecule has 18 heavy (non-hydrogen) atoms. The van der Waals surface area contributed by atoms with Gasteiger partial charge in [0, 0.05) is 42.0 Å². The zero-order valence-corrected chi connectivity index (χ0v) is 10.7. The van der Waals surface area contributed by atoms with Crippen molar-refractivity contribution < 1.29 is 4.92 Å². The summed E-state index contributed by atoms with van der Waals surface area (Å²) in [5.74, 6) is 0. The number of nitrogens with zero attached hydrogens (tertiary/aromatic N) is 1. The highest BCUT2D eigenvalue weighted by molar-refractivity contribution is 7.09. The maximum atomic E-state index is 10.8. The fourth-order valence-corrected chi connectivity index (χ4v) is 2.21. The fraction of sp³-hybridized carbons (Fsp3) is 0.167. The first-order chi connectivity index (χ1) is 8.69. The van der Waals surface area contributed by atoms with Gasteiger partial charge in [-0.25, -0.2) is 0 Å². The summed E-state index contributed by atoms with van der Waals surface area (Å²) in [5, 5.41) is 18.9. The second-order valence-electron chi connectivity index (χ2n) is 3.71. The molecule has 0 spiro atoms. The normalized spacial score (nSPS) is 10.1. The van der Waals surface area contributed by atoms with E-state index in [4.69, 9.17) is 0 Å². The Bertz CT molecular complexity index is 540. The Balaban J connectivity index is 2.16. The van der Waals surface area contributed by atoms with Gasteiger partial charge in [-0.1, -0.05) is 6.07 Å². The molecule has 2 aromatic rings. The summed E-state index contributed by atoms with van der Waals surface area (Å²) in [4.78, 5) is 11.6. The number of thiophene rings is 1. The van der Waals surface area contributed by atoms with E-state index in [0.717, 1.165) is 11.4 Å². The third-order valence-corrected chi connectivity index (χ3v) is 3.34. The zero-order valence-electron chi connectivity index (χ0n) is 9.84. The number of hydrogen-bond donors (Lipinski definition) is 2. The van der Waals surface area contributed by atoms with Crippen LogP contribution in [0.1, 0.15) is 4.88 Å². The molecule has 0 radical (unpaired) electrons. The van der Waals surface area contributed by atoms with Crippen LogP contribution in [0.3, 0.4) is 0 Å². The van der Waals surface area contributed by atoms with Crippen molar-refractivity contribution in [3.05, 3.63) is 50.7 Å². The first kappa shape index (κ1) is 12.4. The molecule has 0 aliphatic carbocycles. The topological polar surface area (TPSA) is 67.2 Å². The first-order valence-electron chi connectivity index (χ1n) is 5.42. The van der Waals surface area contributed by atoms with Gasteiger partial charge >= 0.3 is 0 Å². The second kappa shape index (κ2) is 5.50. The molecule has 2 N–H and O–H groups in total. The Labute approximate surface area is 109 Å². The number of nitro groups is 1. The van der Waals surface area contributed by atoms with Crippen molar-refractivity contribution in [3.8, 4) is 0 Å². The summed E-state index contributed by atoms with van der Waals surface area (Å²) in [6.07, 6.45) is 0. The molecule has 0 unspecified atom stereocenters. The van der Waals surface area contributed by atoms with E-state index in [-0.39, 0.29) is 5.69 Å². The standard InChI is InChI=1S/C12H13N3O2S/c1-13-9-5-10(7-11(6-9)15(16)17)14-8-12-3-2-4-18-12/h2-7,13-14H,8H2,1H3. The predicted molar refractivity (Wildman–Crippen MR) is 74.3 cm³/mol. The van der Waals surface area contributed by atoms with E-state index in [2.05, 4.69) is 10.6 Å². The van der Waals surface area contributed by atoms with Gasteiger partial charge in [-0.3, -0.25) is 10.1 Å². The summed E-state index contributed by atoms with van der Waals surface area (Å²) >= 11 is 1.65. The van der Waals surface area contributed by atoms with E-state index in [1.807, 2.05) is 23.6 Å². The van der Waals surface area contributed by atoms with Gasteiger partial charge in [-0.05, 0) is 17.5 Å². The molecular weight excluding hydrogens is 250 g/mol. The van der Waals surface area contributed by atoms with Crippen LogP contribution in [0.15, 0.2) is 35.7 Å². The van der Waals surface area contributed by atoms with E-state index < -0.39 is 4.92 Å². The van der Waals surface area contributed by atoms with Crippen LogP contribution in [0, 0.1) is 10.1 Å². The van der Waals surface area contributed by atoms with Crippen LogP contribution in [-0.2, 0) is 6.54 Å². The van der Waals surface area contributed by atoms with Gasteiger partial charge in [-0.15, -0.1) is 11.3 Å². The van der Waals surface area contributed by atoms with Crippen molar-refractivity contribution in [3.63, 3.8) is 0 Å². The molecule has 94 valence electrons. The number of rotatable bonds is 5. The van der Waals surface area contributed by atoms with Crippen LogP contribution in [0.4, 0.5) is 17.1 Å². The number of nitrogens with one attached hydrogen (secondary N) is 2. The number of non-ortho nitro benzene ring substituents is 1. The SMILES string of the molecule is CNc1cc(NCc2cccs2)cc([N+](=O)[O-])c1. The lowest BCUT2D eigenvalue weighted by Gasteiger charge is -2.07. The van der Waals surface area contributed by atoms with E-state index in [9.17, 15) is 10.1 Å². The Hall–Kier alpha value is -2.08. The van der Waals surface area contributed by atoms with E-state index in [1.54, 1.807) is 18.4 Å². The molecule has 0 fully saturated rings. The highest BCUT2D eigenvalue weighted by Crippen LogP contribution is 2.24. The highest BCUT2D eigenvalue weighted by Gasteiger charge is 2.09. The number of nitro benzene ring substituents is 1. The van der Waals surface area contributed by atoms with Crippen LogP contribution < -0.4 is 10.6 Å². The minimum Gasteiger partial charge on any atom is -0.388 e. The van der Waals surface area contributed by atoms with Crippen LogP contribution in [0.5, 0.6) is 0 Å². The van der Waals surface area contributed by atoms with Crippen LogP contribution in [-0.4, -0.2) is 12.0 Å². The molecule has 0 aliphatic rings. The van der Waals surface area contributed by atoms with E-state index in [1.165, 1.54) is 17.0 Å². The molecule has 0 saturated carbocycles. The molecule has 0 amide bonds. The summed E-state index contributed by atoms with van der Waals surface area (Å²) in [6.45, 7) is 0.669. The molecule has 1 aromatic heterocycles. The Morgan fingerprint density at radius 2 is 2.11 bits per heavy atom. The lowest BCUT2D eigenvalue weighted by Crippen LogP contribution is -2.00. The third-order valence-electron chi connectivity index (χ3n) is 2.46. The third kappa shape index (κ3) is 2.98. The van der Waals surface area contributed by atoms with Crippen molar-refractivity contribution in [2.45, 2.75) is 6.54 Å². The molecule has 6 heteroatoms. The molecule has 5 nitrogen and oxygen atoms in total. The molecular formula is C12H13N3O2S. The average molecular weight is 263 g/mol. The van der Waals surface area contributed by atoms with Crippen molar-refractivity contribution in [1.29, 1.82) is 0 Å². The summed E-state index contributed by atoms with van der Waals surface area (Å²) in [5.41, 5.74) is 1.54. The Kier molecular flexibility index (Phi) is 3.78. The lowest BCUT2D eigenvalue weighted by molar-refractivity contribution is -0.384. The molecule has 2 rings (SSSR count). The van der Waals surface area contributed by atoms with Crippen molar-refractivity contribution in [1.82, 2.24) is 0 Å². The zero-order chi connectivity index (χ0) is 13.0. The van der Waals surface area contributed by atoms with Gasteiger partial charge in [0.05, 0.1) is 4.92 Å². The number of benzene rings is 1. The molecule has 0 saturated heterocycles. The quantitative estimate of drug-likeness (QED) is 0.641. The molecule has 0 atom stereocenters. The molecule has 0 bridgehead atoms. The smallest absolute Gasteiger partial charge is 0.273 e.